The molecular formula is C9H23N2S+. The zero-order chi connectivity index (χ0) is 9.45. The Balaban J connectivity index is 3.19. The lowest BCUT2D eigenvalue weighted by molar-refractivity contribution is -0.890. The van der Waals surface area contributed by atoms with E-state index in [-0.39, 0.29) is 0 Å². The molecule has 0 atom stereocenters. The van der Waals surface area contributed by atoms with Crippen molar-refractivity contribution in [3.05, 3.63) is 0 Å². The van der Waals surface area contributed by atoms with Crippen LogP contribution in [0.25, 0.3) is 0 Å². The maximum atomic E-state index is 5.61. The van der Waals surface area contributed by atoms with E-state index in [0.717, 1.165) is 16.9 Å². The highest BCUT2D eigenvalue weighted by Crippen LogP contribution is 2.04. The molecule has 0 bridgehead atoms. The summed E-state index contributed by atoms with van der Waals surface area (Å²) in [7, 11) is 4.36. The number of hydrogen-bond acceptors (Lipinski definition) is 2. The van der Waals surface area contributed by atoms with Gasteiger partial charge in [-0.15, -0.1) is 0 Å². The Kier molecular flexibility index (Phi) is 6.90. The largest absolute Gasteiger partial charge is 0.316 e. The third-order valence-electron chi connectivity index (χ3n) is 2.17. The summed E-state index contributed by atoms with van der Waals surface area (Å²) in [4.78, 5) is 0. The highest BCUT2D eigenvalue weighted by atomic mass is 32.1. The van der Waals surface area contributed by atoms with E-state index in [1.165, 1.54) is 32.2 Å². The molecule has 0 saturated heterocycles. The molecule has 0 aromatic carbocycles. The monoisotopic (exact) mass is 191 g/mol. The lowest BCUT2D eigenvalue weighted by Crippen LogP contribution is -2.44. The van der Waals surface area contributed by atoms with Crippen molar-refractivity contribution in [1.29, 1.82) is 0 Å². The number of thiol groups is 1. The summed E-state index contributed by atoms with van der Waals surface area (Å²) in [6.45, 7) is 1.94. The van der Waals surface area contributed by atoms with Gasteiger partial charge in [-0.1, -0.05) is 6.42 Å². The zero-order valence-corrected chi connectivity index (χ0v) is 9.32. The van der Waals surface area contributed by atoms with E-state index in [1.54, 1.807) is 0 Å². The van der Waals surface area contributed by atoms with E-state index >= 15 is 0 Å². The van der Waals surface area contributed by atoms with Crippen LogP contribution < -0.4 is 5.73 Å². The smallest absolute Gasteiger partial charge is 0.129 e. The second-order valence-electron chi connectivity index (χ2n) is 3.98. The molecule has 12 heavy (non-hydrogen) atoms. The molecule has 74 valence electrons. The molecule has 0 saturated carbocycles. The minimum absolute atomic E-state index is 0.743. The molecule has 2 N–H and O–H groups in total. The van der Waals surface area contributed by atoms with E-state index < -0.39 is 0 Å². The number of nitrogens with two attached hydrogens (primary N) is 1. The van der Waals surface area contributed by atoms with Crippen molar-refractivity contribution in [3.63, 3.8) is 0 Å². The molecule has 2 nitrogen and oxygen atoms in total. The first kappa shape index (κ1) is 12.3. The predicted octanol–water partition coefficient (Wildman–Crippen LogP) is 1.47. The Morgan fingerprint density at radius 2 is 1.67 bits per heavy atom. The average molecular weight is 191 g/mol. The minimum Gasteiger partial charge on any atom is -0.316 e. The van der Waals surface area contributed by atoms with Crippen molar-refractivity contribution in [2.45, 2.75) is 25.7 Å². The summed E-state index contributed by atoms with van der Waals surface area (Å²) in [5, 5.41) is 0. The first-order chi connectivity index (χ1) is 5.62. The molecule has 0 aromatic heterocycles. The Morgan fingerprint density at radius 1 is 1.08 bits per heavy atom. The van der Waals surface area contributed by atoms with Gasteiger partial charge in [0.25, 0.3) is 0 Å². The van der Waals surface area contributed by atoms with E-state index in [4.69, 9.17) is 5.73 Å². The molecule has 0 aliphatic heterocycles. The van der Waals surface area contributed by atoms with Crippen molar-refractivity contribution in [2.75, 3.05) is 33.1 Å². The van der Waals surface area contributed by atoms with Gasteiger partial charge in [0.2, 0.25) is 0 Å². The van der Waals surface area contributed by atoms with Gasteiger partial charge in [0.1, 0.15) is 6.67 Å². The van der Waals surface area contributed by atoms with Crippen molar-refractivity contribution in [2.24, 2.45) is 5.73 Å². The number of unbranched alkanes of at least 4 members (excludes halogenated alkanes) is 3. The van der Waals surface area contributed by atoms with E-state index in [9.17, 15) is 0 Å². The quantitative estimate of drug-likeness (QED) is 0.271. The fourth-order valence-electron chi connectivity index (χ4n) is 1.10. The molecule has 0 amide bonds. The first-order valence-electron chi connectivity index (χ1n) is 4.75. The van der Waals surface area contributed by atoms with Gasteiger partial charge in [0.05, 0.1) is 20.6 Å². The molecule has 0 radical (unpaired) electrons. The molecule has 0 heterocycles. The number of nitrogens with zero attached hydrogens (tertiary/aromatic N) is 1. The Hall–Kier alpha value is 0.270. The highest BCUT2D eigenvalue weighted by Gasteiger charge is 2.10. The lowest BCUT2D eigenvalue weighted by atomic mass is 10.2. The van der Waals surface area contributed by atoms with Gasteiger partial charge < -0.3 is 4.48 Å². The number of hydrogen-bond donors (Lipinski definition) is 2. The molecule has 3 heteroatoms. The van der Waals surface area contributed by atoms with Gasteiger partial charge in [0, 0.05) is 0 Å². The Labute approximate surface area is 82.1 Å². The maximum absolute atomic E-state index is 5.61. The summed E-state index contributed by atoms with van der Waals surface area (Å²) in [6.07, 6.45) is 5.17. The molecule has 0 aromatic rings. The summed E-state index contributed by atoms with van der Waals surface area (Å²) >= 11 is 4.17. The van der Waals surface area contributed by atoms with Crippen LogP contribution in [0, 0.1) is 0 Å². The molecule has 0 fully saturated rings. The van der Waals surface area contributed by atoms with Crippen LogP contribution in [0.3, 0.4) is 0 Å². The minimum atomic E-state index is 0.743. The van der Waals surface area contributed by atoms with Gasteiger partial charge in [-0.25, -0.2) is 0 Å². The summed E-state index contributed by atoms with van der Waals surface area (Å²) in [5.74, 6) is 1.02. The molecule has 0 aliphatic carbocycles. The third-order valence-corrected chi connectivity index (χ3v) is 2.48. The van der Waals surface area contributed by atoms with Gasteiger partial charge in [-0.3, -0.25) is 5.73 Å². The zero-order valence-electron chi connectivity index (χ0n) is 8.42. The van der Waals surface area contributed by atoms with Crippen LogP contribution in [0.15, 0.2) is 0 Å². The standard InChI is InChI=1S/C9H22N2S/c1-11(2,9-10)7-5-3-4-6-8-12/h3-10H2,1-2H3/p+1. The summed E-state index contributed by atoms with van der Waals surface area (Å²) < 4.78 is 0.945. The molecule has 0 unspecified atom stereocenters. The summed E-state index contributed by atoms with van der Waals surface area (Å²) in [6, 6.07) is 0. The fraction of sp³-hybridized carbons (Fsp3) is 1.00. The number of quaternary nitrogens is 1. The van der Waals surface area contributed by atoms with Gasteiger partial charge in [-0.05, 0) is 25.0 Å². The second-order valence-corrected chi connectivity index (χ2v) is 4.43. The van der Waals surface area contributed by atoms with Crippen LogP contribution >= 0.6 is 12.6 Å². The normalized spacial score (nSPS) is 12.0. The topological polar surface area (TPSA) is 26.0 Å². The van der Waals surface area contributed by atoms with Crippen LogP contribution in [0.1, 0.15) is 25.7 Å². The molecule has 0 spiro atoms. The van der Waals surface area contributed by atoms with Crippen LogP contribution in [-0.4, -0.2) is 37.5 Å². The Bertz CT molecular complexity index is 105. The molecular weight excluding hydrogens is 168 g/mol. The van der Waals surface area contributed by atoms with Crippen LogP contribution in [0.2, 0.25) is 0 Å². The van der Waals surface area contributed by atoms with E-state index in [1.807, 2.05) is 0 Å². The van der Waals surface area contributed by atoms with E-state index in [0.29, 0.717) is 0 Å². The van der Waals surface area contributed by atoms with Crippen LogP contribution in [-0.2, 0) is 0 Å². The maximum Gasteiger partial charge on any atom is 0.129 e. The van der Waals surface area contributed by atoms with Crippen molar-refractivity contribution in [3.8, 4) is 0 Å². The van der Waals surface area contributed by atoms with Crippen molar-refractivity contribution < 1.29 is 4.48 Å². The Morgan fingerprint density at radius 3 is 2.17 bits per heavy atom. The molecule has 0 rings (SSSR count). The first-order valence-corrected chi connectivity index (χ1v) is 5.38. The second kappa shape index (κ2) is 6.75. The van der Waals surface area contributed by atoms with E-state index in [2.05, 4.69) is 26.7 Å². The number of rotatable bonds is 7. The fourth-order valence-corrected chi connectivity index (χ4v) is 1.32. The molecule has 0 aliphatic rings. The third kappa shape index (κ3) is 6.95. The van der Waals surface area contributed by atoms with Crippen LogP contribution in [0.5, 0.6) is 0 Å². The average Bonchev–Trinajstić information content (AvgIpc) is 2.04. The van der Waals surface area contributed by atoms with Crippen molar-refractivity contribution in [1.82, 2.24) is 0 Å². The lowest BCUT2D eigenvalue weighted by Gasteiger charge is -2.27. The SMILES string of the molecule is C[N+](C)(CN)CCCCCCS. The highest BCUT2D eigenvalue weighted by molar-refractivity contribution is 7.80. The predicted molar refractivity (Wildman–Crippen MR) is 58.4 cm³/mol. The van der Waals surface area contributed by atoms with Gasteiger partial charge >= 0.3 is 0 Å². The van der Waals surface area contributed by atoms with Crippen molar-refractivity contribution >= 4 is 12.6 Å². The van der Waals surface area contributed by atoms with Gasteiger partial charge in [-0.2, -0.15) is 12.6 Å². The van der Waals surface area contributed by atoms with Crippen LogP contribution in [0.4, 0.5) is 0 Å². The van der Waals surface area contributed by atoms with Gasteiger partial charge in [0.15, 0.2) is 0 Å². The summed E-state index contributed by atoms with van der Waals surface area (Å²) in [5.41, 5.74) is 5.61.